The van der Waals surface area contributed by atoms with Crippen molar-refractivity contribution in [3.63, 3.8) is 0 Å². The van der Waals surface area contributed by atoms with E-state index in [9.17, 15) is 8.42 Å². The van der Waals surface area contributed by atoms with Gasteiger partial charge in [0.05, 0.1) is 4.90 Å². The minimum Gasteiger partial charge on any atom is -0.508 e. The van der Waals surface area contributed by atoms with Gasteiger partial charge in [0.2, 0.25) is 0 Å². The molecule has 0 amide bonds. The van der Waals surface area contributed by atoms with Crippen LogP contribution in [0.1, 0.15) is 5.56 Å². The van der Waals surface area contributed by atoms with E-state index in [1.54, 1.807) is 18.2 Å². The van der Waals surface area contributed by atoms with Crippen molar-refractivity contribution in [3.05, 3.63) is 60.7 Å². The van der Waals surface area contributed by atoms with Crippen LogP contribution in [0.25, 0.3) is 6.08 Å². The van der Waals surface area contributed by atoms with Crippen LogP contribution in [-0.4, -0.2) is 13.5 Å². The maximum atomic E-state index is 12.1. The van der Waals surface area contributed by atoms with Gasteiger partial charge in [-0.05, 0) is 42.0 Å². The van der Waals surface area contributed by atoms with Crippen molar-refractivity contribution in [1.29, 1.82) is 0 Å². The van der Waals surface area contributed by atoms with Crippen molar-refractivity contribution >= 4 is 21.8 Å². The Kier molecular flexibility index (Phi) is 3.57. The van der Waals surface area contributed by atoms with E-state index in [-0.39, 0.29) is 10.6 Å². The highest BCUT2D eigenvalue weighted by atomic mass is 32.2. The lowest BCUT2D eigenvalue weighted by molar-refractivity contribution is 0.475. The number of phenolic OH excluding ortho intramolecular Hbond substituents is 1. The van der Waals surface area contributed by atoms with E-state index < -0.39 is 10.0 Å². The van der Waals surface area contributed by atoms with Gasteiger partial charge in [0.25, 0.3) is 10.0 Å². The average Bonchev–Trinajstić information content (AvgIpc) is 2.41. The van der Waals surface area contributed by atoms with E-state index in [0.717, 1.165) is 5.56 Å². The third-order valence-electron chi connectivity index (χ3n) is 2.55. The highest BCUT2D eigenvalue weighted by Gasteiger charge is 2.13. The summed E-state index contributed by atoms with van der Waals surface area (Å²) in [5, 5.41) is 9.14. The molecule has 0 saturated carbocycles. The van der Waals surface area contributed by atoms with E-state index in [0.29, 0.717) is 5.69 Å². The van der Waals surface area contributed by atoms with Crippen LogP contribution in [0.3, 0.4) is 0 Å². The summed E-state index contributed by atoms with van der Waals surface area (Å²) in [6, 6.07) is 12.2. The average molecular weight is 275 g/mol. The molecule has 0 bridgehead atoms. The Morgan fingerprint density at radius 1 is 1.00 bits per heavy atom. The molecule has 0 aliphatic rings. The van der Waals surface area contributed by atoms with Crippen LogP contribution in [0.4, 0.5) is 5.69 Å². The van der Waals surface area contributed by atoms with Gasteiger partial charge >= 0.3 is 0 Å². The third kappa shape index (κ3) is 3.14. The van der Waals surface area contributed by atoms with Gasteiger partial charge < -0.3 is 5.11 Å². The molecule has 0 spiro atoms. The standard InChI is InChI=1S/C14H13NO3S/c1-2-11-3-9-14(10-4-11)19(17,18)15-12-5-7-13(16)8-6-12/h2-10,15-16H,1H2. The normalized spacial score (nSPS) is 10.9. The first kappa shape index (κ1) is 13.2. The number of nitrogens with one attached hydrogen (secondary N) is 1. The zero-order chi connectivity index (χ0) is 13.9. The number of aromatic hydroxyl groups is 1. The lowest BCUT2D eigenvalue weighted by atomic mass is 10.2. The van der Waals surface area contributed by atoms with E-state index >= 15 is 0 Å². The van der Waals surface area contributed by atoms with Gasteiger partial charge in [-0.1, -0.05) is 24.8 Å². The van der Waals surface area contributed by atoms with Gasteiger partial charge in [-0.2, -0.15) is 0 Å². The Labute approximate surface area is 112 Å². The molecule has 0 heterocycles. The highest BCUT2D eigenvalue weighted by molar-refractivity contribution is 7.92. The van der Waals surface area contributed by atoms with Crippen molar-refractivity contribution in [1.82, 2.24) is 0 Å². The number of hydrogen-bond acceptors (Lipinski definition) is 3. The fourth-order valence-corrected chi connectivity index (χ4v) is 2.59. The molecule has 0 fully saturated rings. The van der Waals surface area contributed by atoms with Gasteiger partial charge in [-0.15, -0.1) is 0 Å². The SMILES string of the molecule is C=Cc1ccc(S(=O)(=O)Nc2ccc(O)cc2)cc1. The summed E-state index contributed by atoms with van der Waals surface area (Å²) in [5.41, 5.74) is 1.24. The maximum Gasteiger partial charge on any atom is 0.261 e. The van der Waals surface area contributed by atoms with Crippen LogP contribution in [0.15, 0.2) is 60.0 Å². The topological polar surface area (TPSA) is 66.4 Å². The molecule has 0 radical (unpaired) electrons. The van der Waals surface area contributed by atoms with E-state index in [2.05, 4.69) is 11.3 Å². The van der Waals surface area contributed by atoms with Crippen LogP contribution in [0.2, 0.25) is 0 Å². The number of phenols is 1. The second kappa shape index (κ2) is 5.16. The third-order valence-corrected chi connectivity index (χ3v) is 3.94. The molecule has 0 atom stereocenters. The largest absolute Gasteiger partial charge is 0.508 e. The molecule has 2 aromatic carbocycles. The van der Waals surface area contributed by atoms with Gasteiger partial charge in [-0.25, -0.2) is 8.42 Å². The zero-order valence-corrected chi connectivity index (χ0v) is 10.9. The minimum atomic E-state index is -3.62. The number of benzene rings is 2. The quantitative estimate of drug-likeness (QED) is 0.843. The molecule has 0 aliphatic heterocycles. The Hall–Kier alpha value is -2.27. The summed E-state index contributed by atoms with van der Waals surface area (Å²) < 4.78 is 26.6. The van der Waals surface area contributed by atoms with Crippen LogP contribution < -0.4 is 4.72 Å². The lowest BCUT2D eigenvalue weighted by Gasteiger charge is -2.08. The highest BCUT2D eigenvalue weighted by Crippen LogP contribution is 2.19. The molecule has 4 nitrogen and oxygen atoms in total. The zero-order valence-electron chi connectivity index (χ0n) is 10.1. The molecule has 2 rings (SSSR count). The summed E-state index contributed by atoms with van der Waals surface area (Å²) in [6.45, 7) is 3.61. The first-order chi connectivity index (χ1) is 9.01. The fourth-order valence-electron chi connectivity index (χ4n) is 1.53. The molecular formula is C14H13NO3S. The molecular weight excluding hydrogens is 262 g/mol. The van der Waals surface area contributed by atoms with Crippen molar-refractivity contribution in [3.8, 4) is 5.75 Å². The van der Waals surface area contributed by atoms with Gasteiger partial charge in [-0.3, -0.25) is 4.72 Å². The minimum absolute atomic E-state index is 0.0817. The molecule has 0 saturated heterocycles. The van der Waals surface area contributed by atoms with Crippen LogP contribution in [-0.2, 0) is 10.0 Å². The fraction of sp³-hybridized carbons (Fsp3) is 0. The second-order valence-corrected chi connectivity index (χ2v) is 5.61. The Bertz CT molecular complexity index is 674. The Morgan fingerprint density at radius 2 is 1.58 bits per heavy atom. The van der Waals surface area contributed by atoms with Crippen molar-refractivity contribution in [2.45, 2.75) is 4.90 Å². The molecule has 2 N–H and O–H groups in total. The smallest absolute Gasteiger partial charge is 0.261 e. The number of hydrogen-bond donors (Lipinski definition) is 2. The predicted molar refractivity (Wildman–Crippen MR) is 75.4 cm³/mol. The molecule has 0 aliphatic carbocycles. The summed E-state index contributed by atoms with van der Waals surface area (Å²) in [6.07, 6.45) is 1.64. The van der Waals surface area contributed by atoms with Crippen molar-refractivity contribution in [2.75, 3.05) is 4.72 Å². The van der Waals surface area contributed by atoms with Gasteiger partial charge in [0.1, 0.15) is 5.75 Å². The number of rotatable bonds is 4. The molecule has 0 unspecified atom stereocenters. The Morgan fingerprint density at radius 3 is 2.11 bits per heavy atom. The summed E-state index contributed by atoms with van der Waals surface area (Å²) in [7, 11) is -3.62. The van der Waals surface area contributed by atoms with Gasteiger partial charge in [0.15, 0.2) is 0 Å². The molecule has 0 aromatic heterocycles. The monoisotopic (exact) mass is 275 g/mol. The number of anilines is 1. The lowest BCUT2D eigenvalue weighted by Crippen LogP contribution is -2.12. The van der Waals surface area contributed by atoms with Crippen molar-refractivity contribution < 1.29 is 13.5 Å². The molecule has 98 valence electrons. The summed E-state index contributed by atoms with van der Waals surface area (Å²) >= 11 is 0. The summed E-state index contributed by atoms with van der Waals surface area (Å²) in [5.74, 6) is 0.0817. The van der Waals surface area contributed by atoms with Crippen LogP contribution in [0.5, 0.6) is 5.75 Å². The molecule has 5 heteroatoms. The van der Waals surface area contributed by atoms with Gasteiger partial charge in [0, 0.05) is 5.69 Å². The number of sulfonamides is 1. The van der Waals surface area contributed by atoms with E-state index in [1.165, 1.54) is 36.4 Å². The van der Waals surface area contributed by atoms with Crippen molar-refractivity contribution in [2.24, 2.45) is 0 Å². The Balaban J connectivity index is 2.26. The van der Waals surface area contributed by atoms with E-state index in [1.807, 2.05) is 0 Å². The maximum absolute atomic E-state index is 12.1. The molecule has 19 heavy (non-hydrogen) atoms. The van der Waals surface area contributed by atoms with E-state index in [4.69, 9.17) is 5.11 Å². The first-order valence-electron chi connectivity index (χ1n) is 5.55. The second-order valence-electron chi connectivity index (χ2n) is 3.93. The predicted octanol–water partition coefficient (Wildman–Crippen LogP) is 2.84. The van der Waals surface area contributed by atoms with Crippen LogP contribution >= 0.6 is 0 Å². The molecule has 2 aromatic rings. The summed E-state index contributed by atoms with van der Waals surface area (Å²) in [4.78, 5) is 0.172. The first-order valence-corrected chi connectivity index (χ1v) is 7.04. The van der Waals surface area contributed by atoms with Crippen LogP contribution in [0, 0.1) is 0 Å².